The second kappa shape index (κ2) is 10.3. The van der Waals surface area contributed by atoms with Crippen LogP contribution in [0.5, 0.6) is 11.5 Å². The number of ether oxygens (including phenoxy) is 2. The summed E-state index contributed by atoms with van der Waals surface area (Å²) in [7, 11) is 0. The van der Waals surface area contributed by atoms with Gasteiger partial charge in [-0.25, -0.2) is 0 Å². The van der Waals surface area contributed by atoms with Gasteiger partial charge in [-0.15, -0.1) is 0 Å². The molecule has 0 saturated carbocycles. The molecule has 4 heteroatoms. The normalized spacial score (nSPS) is 11.5. The van der Waals surface area contributed by atoms with E-state index in [2.05, 4.69) is 17.4 Å². The first-order valence-electron chi connectivity index (χ1n) is 9.92. The number of hydrogen-bond donors (Lipinski definition) is 1. The molecule has 150 valence electrons. The number of aryl methyl sites for hydroxylation is 2. The van der Waals surface area contributed by atoms with Crippen LogP contribution >= 0.6 is 0 Å². The van der Waals surface area contributed by atoms with Gasteiger partial charge in [0.15, 0.2) is 6.10 Å². The largest absolute Gasteiger partial charge is 0.494 e. The maximum atomic E-state index is 12.5. The number of para-hydroxylation sites is 1. The lowest BCUT2D eigenvalue weighted by atomic mass is 10.1. The summed E-state index contributed by atoms with van der Waals surface area (Å²) in [6.07, 6.45) is 1.30. The lowest BCUT2D eigenvalue weighted by molar-refractivity contribution is -0.122. The number of carbonyl (C=O) groups is 1. The van der Waals surface area contributed by atoms with Gasteiger partial charge in [-0.2, -0.15) is 0 Å². The third kappa shape index (κ3) is 6.39. The monoisotopic (exact) mass is 389 g/mol. The van der Waals surface area contributed by atoms with Crippen LogP contribution in [-0.2, 0) is 11.2 Å². The Labute approximate surface area is 172 Å². The highest BCUT2D eigenvalue weighted by Crippen LogP contribution is 2.20. The average molecular weight is 389 g/mol. The maximum absolute atomic E-state index is 12.5. The molecule has 0 heterocycles. The second-order valence-corrected chi connectivity index (χ2v) is 6.98. The van der Waals surface area contributed by atoms with E-state index in [0.717, 1.165) is 24.2 Å². The number of nitrogens with one attached hydrogen (secondary N) is 1. The molecule has 0 saturated heterocycles. The van der Waals surface area contributed by atoms with Crippen molar-refractivity contribution in [3.05, 3.63) is 90.0 Å². The summed E-state index contributed by atoms with van der Waals surface area (Å²) in [6, 6.07) is 25.5. The van der Waals surface area contributed by atoms with Gasteiger partial charge in [0.25, 0.3) is 5.91 Å². The van der Waals surface area contributed by atoms with Gasteiger partial charge < -0.3 is 14.8 Å². The van der Waals surface area contributed by atoms with Crippen molar-refractivity contribution in [3.63, 3.8) is 0 Å². The molecule has 0 spiro atoms. The number of hydrogen-bond acceptors (Lipinski definition) is 3. The average Bonchev–Trinajstić information content (AvgIpc) is 2.74. The van der Waals surface area contributed by atoms with Crippen molar-refractivity contribution >= 4 is 11.6 Å². The van der Waals surface area contributed by atoms with Crippen molar-refractivity contribution in [1.82, 2.24) is 0 Å². The Kier molecular flexibility index (Phi) is 7.28. The van der Waals surface area contributed by atoms with Crippen LogP contribution < -0.4 is 14.8 Å². The SMILES string of the molecule is Cc1ccccc1OC(C)C(=O)Nc1cccc(OCCCc2ccccc2)c1. The van der Waals surface area contributed by atoms with Crippen LogP contribution in [0.4, 0.5) is 5.69 Å². The molecule has 1 unspecified atom stereocenters. The van der Waals surface area contributed by atoms with E-state index in [9.17, 15) is 4.79 Å². The summed E-state index contributed by atoms with van der Waals surface area (Å²) in [5, 5.41) is 2.89. The zero-order chi connectivity index (χ0) is 20.5. The molecule has 0 aromatic heterocycles. The van der Waals surface area contributed by atoms with Gasteiger partial charge in [0.05, 0.1) is 6.61 Å². The van der Waals surface area contributed by atoms with Crippen LogP contribution in [0, 0.1) is 6.92 Å². The maximum Gasteiger partial charge on any atom is 0.265 e. The topological polar surface area (TPSA) is 47.6 Å². The van der Waals surface area contributed by atoms with Gasteiger partial charge in [-0.3, -0.25) is 4.79 Å². The first-order chi connectivity index (χ1) is 14.1. The van der Waals surface area contributed by atoms with E-state index < -0.39 is 6.10 Å². The highest BCUT2D eigenvalue weighted by atomic mass is 16.5. The molecule has 0 bridgehead atoms. The highest BCUT2D eigenvalue weighted by Gasteiger charge is 2.16. The zero-order valence-corrected chi connectivity index (χ0v) is 16.9. The minimum absolute atomic E-state index is 0.200. The third-order valence-electron chi connectivity index (χ3n) is 4.59. The van der Waals surface area contributed by atoms with Gasteiger partial charge in [-0.1, -0.05) is 54.6 Å². The lowest BCUT2D eigenvalue weighted by Crippen LogP contribution is -2.30. The molecule has 29 heavy (non-hydrogen) atoms. The molecule has 1 amide bonds. The summed E-state index contributed by atoms with van der Waals surface area (Å²) in [4.78, 5) is 12.5. The molecular weight excluding hydrogens is 362 g/mol. The summed E-state index contributed by atoms with van der Waals surface area (Å²) >= 11 is 0. The smallest absolute Gasteiger partial charge is 0.265 e. The van der Waals surface area contributed by atoms with E-state index in [1.54, 1.807) is 6.92 Å². The van der Waals surface area contributed by atoms with E-state index in [1.165, 1.54) is 5.56 Å². The molecule has 0 radical (unpaired) electrons. The van der Waals surface area contributed by atoms with Gasteiger partial charge >= 0.3 is 0 Å². The molecule has 1 N–H and O–H groups in total. The summed E-state index contributed by atoms with van der Waals surface area (Å²) in [5.74, 6) is 1.25. The van der Waals surface area contributed by atoms with E-state index in [1.807, 2.05) is 73.7 Å². The Morgan fingerprint density at radius 3 is 2.52 bits per heavy atom. The summed E-state index contributed by atoms with van der Waals surface area (Å²) < 4.78 is 11.6. The highest BCUT2D eigenvalue weighted by molar-refractivity contribution is 5.94. The van der Waals surface area contributed by atoms with Crippen LogP contribution in [0.2, 0.25) is 0 Å². The Bertz CT molecular complexity index is 924. The molecule has 3 rings (SSSR count). The number of benzene rings is 3. The van der Waals surface area contributed by atoms with Crippen LogP contribution in [0.3, 0.4) is 0 Å². The fraction of sp³-hybridized carbons (Fsp3) is 0.240. The molecule has 3 aromatic rings. The second-order valence-electron chi connectivity index (χ2n) is 6.98. The zero-order valence-electron chi connectivity index (χ0n) is 16.9. The van der Waals surface area contributed by atoms with E-state index in [-0.39, 0.29) is 5.91 Å². The fourth-order valence-corrected chi connectivity index (χ4v) is 2.95. The molecule has 0 fully saturated rings. The molecular formula is C25H27NO3. The van der Waals surface area contributed by atoms with Crippen molar-refractivity contribution in [1.29, 1.82) is 0 Å². The number of carbonyl (C=O) groups excluding carboxylic acids is 1. The first-order valence-corrected chi connectivity index (χ1v) is 9.92. The predicted molar refractivity (Wildman–Crippen MR) is 117 cm³/mol. The van der Waals surface area contributed by atoms with Gasteiger partial charge in [0, 0.05) is 11.8 Å². The molecule has 0 aliphatic heterocycles. The summed E-state index contributed by atoms with van der Waals surface area (Å²) in [5.41, 5.74) is 2.99. The van der Waals surface area contributed by atoms with Crippen molar-refractivity contribution in [2.24, 2.45) is 0 Å². The quantitative estimate of drug-likeness (QED) is 0.498. The van der Waals surface area contributed by atoms with Crippen molar-refractivity contribution < 1.29 is 14.3 Å². The number of anilines is 1. The third-order valence-corrected chi connectivity index (χ3v) is 4.59. The molecule has 1 atom stereocenters. The van der Waals surface area contributed by atoms with Gasteiger partial charge in [-0.05, 0) is 56.0 Å². The van der Waals surface area contributed by atoms with Crippen LogP contribution in [0.15, 0.2) is 78.9 Å². The molecule has 0 aliphatic carbocycles. The summed E-state index contributed by atoms with van der Waals surface area (Å²) in [6.45, 7) is 4.32. The Morgan fingerprint density at radius 2 is 1.72 bits per heavy atom. The first kappa shape index (κ1) is 20.5. The van der Waals surface area contributed by atoms with Gasteiger partial charge in [0.2, 0.25) is 0 Å². The standard InChI is InChI=1S/C25H27NO3/c1-19-10-6-7-16-24(19)29-20(2)25(27)26-22-14-8-15-23(18-22)28-17-9-13-21-11-4-3-5-12-21/h3-8,10-12,14-16,18,20H,9,13,17H2,1-2H3,(H,26,27). The fourth-order valence-electron chi connectivity index (χ4n) is 2.95. The Hall–Kier alpha value is -3.27. The minimum Gasteiger partial charge on any atom is -0.494 e. The van der Waals surface area contributed by atoms with Crippen molar-refractivity contribution in [2.45, 2.75) is 32.8 Å². The number of rotatable bonds is 9. The molecule has 0 aliphatic rings. The number of amides is 1. The molecule has 4 nitrogen and oxygen atoms in total. The van der Waals surface area contributed by atoms with Crippen molar-refractivity contribution in [2.75, 3.05) is 11.9 Å². The van der Waals surface area contributed by atoms with Crippen molar-refractivity contribution in [3.8, 4) is 11.5 Å². The Morgan fingerprint density at radius 1 is 0.966 bits per heavy atom. The predicted octanol–water partition coefficient (Wildman–Crippen LogP) is 5.41. The van der Waals surface area contributed by atoms with Crippen LogP contribution in [-0.4, -0.2) is 18.6 Å². The lowest BCUT2D eigenvalue weighted by Gasteiger charge is -2.16. The minimum atomic E-state index is -0.605. The molecule has 3 aromatic carbocycles. The van der Waals surface area contributed by atoms with Crippen LogP contribution in [0.1, 0.15) is 24.5 Å². The van der Waals surface area contributed by atoms with E-state index >= 15 is 0 Å². The van der Waals surface area contributed by atoms with E-state index in [0.29, 0.717) is 18.0 Å². The van der Waals surface area contributed by atoms with E-state index in [4.69, 9.17) is 9.47 Å². The Balaban J connectivity index is 1.48. The van der Waals surface area contributed by atoms with Gasteiger partial charge in [0.1, 0.15) is 11.5 Å². The van der Waals surface area contributed by atoms with Crippen LogP contribution in [0.25, 0.3) is 0 Å².